The van der Waals surface area contributed by atoms with Gasteiger partial charge in [0, 0.05) is 30.8 Å². The molecule has 0 unspecified atom stereocenters. The van der Waals surface area contributed by atoms with E-state index in [0.717, 1.165) is 25.7 Å². The Balaban J connectivity index is 1.38. The van der Waals surface area contributed by atoms with Gasteiger partial charge < -0.3 is 19.9 Å². The van der Waals surface area contributed by atoms with Crippen molar-refractivity contribution in [2.45, 2.75) is 37.8 Å². The van der Waals surface area contributed by atoms with Crippen molar-refractivity contribution in [1.82, 2.24) is 15.1 Å². The maximum atomic E-state index is 12.5. The van der Waals surface area contributed by atoms with Crippen LogP contribution in [0.25, 0.3) is 0 Å². The van der Waals surface area contributed by atoms with Gasteiger partial charge in [-0.1, -0.05) is 0 Å². The van der Waals surface area contributed by atoms with E-state index in [2.05, 4.69) is 11.4 Å². The maximum absolute atomic E-state index is 12.5. The smallest absolute Gasteiger partial charge is 0.238 e. The molecular formula is C17H26N4O3S. The van der Waals surface area contributed by atoms with Crippen molar-refractivity contribution in [3.8, 4) is 6.07 Å². The lowest BCUT2D eigenvalue weighted by Gasteiger charge is -2.34. The van der Waals surface area contributed by atoms with Gasteiger partial charge in [-0.15, -0.1) is 11.8 Å². The third-order valence-corrected chi connectivity index (χ3v) is 6.31. The Bertz CT molecular complexity index is 524. The first-order valence-electron chi connectivity index (χ1n) is 9.06. The molecule has 2 saturated heterocycles. The fraction of sp³-hybridized carbons (Fsp3) is 0.824. The second-order valence-electron chi connectivity index (χ2n) is 6.88. The van der Waals surface area contributed by atoms with Crippen LogP contribution in [0.3, 0.4) is 0 Å². The average Bonchev–Trinajstić information content (AvgIpc) is 3.15. The van der Waals surface area contributed by atoms with Crippen molar-refractivity contribution in [2.24, 2.45) is 5.92 Å². The summed E-state index contributed by atoms with van der Waals surface area (Å²) >= 11 is 1.63. The fourth-order valence-corrected chi connectivity index (χ4v) is 4.82. The number of nitrogens with zero attached hydrogens (tertiary/aromatic N) is 3. The van der Waals surface area contributed by atoms with Crippen LogP contribution >= 0.6 is 11.8 Å². The topological polar surface area (TPSA) is 85.7 Å². The molecule has 2 aliphatic heterocycles. The quantitative estimate of drug-likeness (QED) is 0.776. The lowest BCUT2D eigenvalue weighted by atomic mass is 9.85. The summed E-state index contributed by atoms with van der Waals surface area (Å²) in [5.74, 6) is 1.70. The van der Waals surface area contributed by atoms with Gasteiger partial charge >= 0.3 is 0 Å². The van der Waals surface area contributed by atoms with E-state index < -0.39 is 0 Å². The van der Waals surface area contributed by atoms with Gasteiger partial charge in [-0.2, -0.15) is 5.26 Å². The van der Waals surface area contributed by atoms with E-state index in [-0.39, 0.29) is 36.4 Å². The Hall–Kier alpha value is -1.30. The van der Waals surface area contributed by atoms with Crippen LogP contribution in [0.4, 0.5) is 0 Å². The first-order valence-corrected chi connectivity index (χ1v) is 10.2. The molecule has 0 aromatic heterocycles. The van der Waals surface area contributed by atoms with Crippen LogP contribution in [-0.2, 0) is 14.3 Å². The number of hydrogen-bond acceptors (Lipinski definition) is 6. The molecule has 3 rings (SSSR count). The number of carbonyl (C=O) groups excluding carboxylic acids is 2. The van der Waals surface area contributed by atoms with Crippen LogP contribution in [0, 0.1) is 17.2 Å². The third kappa shape index (κ3) is 4.66. The molecule has 138 valence electrons. The van der Waals surface area contributed by atoms with Gasteiger partial charge in [0.15, 0.2) is 0 Å². The standard InChI is InChI=1S/C17H26N4O3S/c18-9-15-11-25-12-21(15)16(22)10-19-14-3-1-13(2-4-14)17(23)20-5-7-24-8-6-20/h13-15,19H,1-8,10-12H2/t13-,14-,15-/m1/s1. The molecule has 3 aliphatic rings. The minimum Gasteiger partial charge on any atom is -0.378 e. The van der Waals surface area contributed by atoms with Gasteiger partial charge in [0.25, 0.3) is 0 Å². The molecule has 0 bridgehead atoms. The molecule has 0 aromatic rings. The Kier molecular flexibility index (Phi) is 6.57. The van der Waals surface area contributed by atoms with Gasteiger partial charge in [0.2, 0.25) is 11.8 Å². The number of hydrogen-bond donors (Lipinski definition) is 1. The Morgan fingerprint density at radius 1 is 1.20 bits per heavy atom. The van der Waals surface area contributed by atoms with Crippen LogP contribution in [0.2, 0.25) is 0 Å². The van der Waals surface area contributed by atoms with Gasteiger partial charge in [-0.3, -0.25) is 9.59 Å². The number of nitriles is 1. The second-order valence-corrected chi connectivity index (χ2v) is 7.88. The number of carbonyl (C=O) groups is 2. The van der Waals surface area contributed by atoms with Crippen LogP contribution < -0.4 is 5.32 Å². The zero-order valence-corrected chi connectivity index (χ0v) is 15.3. The number of ether oxygens (including phenoxy) is 1. The van der Waals surface area contributed by atoms with Gasteiger partial charge in [0.1, 0.15) is 6.04 Å². The highest BCUT2D eigenvalue weighted by Crippen LogP contribution is 2.26. The Morgan fingerprint density at radius 2 is 1.92 bits per heavy atom. The van der Waals surface area contributed by atoms with E-state index in [0.29, 0.717) is 37.9 Å². The second kappa shape index (κ2) is 8.88. The molecule has 25 heavy (non-hydrogen) atoms. The lowest BCUT2D eigenvalue weighted by Crippen LogP contribution is -2.47. The summed E-state index contributed by atoms with van der Waals surface area (Å²) in [6, 6.07) is 2.18. The normalized spacial score (nSPS) is 30.1. The minimum absolute atomic E-state index is 0.00284. The van der Waals surface area contributed by atoms with E-state index in [1.54, 1.807) is 16.7 Å². The molecule has 2 heterocycles. The van der Waals surface area contributed by atoms with Crippen LogP contribution in [-0.4, -0.2) is 78.2 Å². The summed E-state index contributed by atoms with van der Waals surface area (Å²) in [4.78, 5) is 28.4. The van der Waals surface area contributed by atoms with Crippen molar-refractivity contribution in [2.75, 3.05) is 44.5 Å². The summed E-state index contributed by atoms with van der Waals surface area (Å²) in [7, 11) is 0. The molecule has 0 spiro atoms. The number of amides is 2. The molecule has 1 N–H and O–H groups in total. The zero-order chi connectivity index (χ0) is 17.6. The third-order valence-electron chi connectivity index (χ3n) is 5.29. The molecular weight excluding hydrogens is 340 g/mol. The van der Waals surface area contributed by atoms with Crippen molar-refractivity contribution in [3.05, 3.63) is 0 Å². The molecule has 1 atom stereocenters. The Morgan fingerprint density at radius 3 is 2.60 bits per heavy atom. The highest BCUT2D eigenvalue weighted by atomic mass is 32.2. The highest BCUT2D eigenvalue weighted by Gasteiger charge is 2.32. The van der Waals surface area contributed by atoms with E-state index in [4.69, 9.17) is 10.00 Å². The van der Waals surface area contributed by atoms with Gasteiger partial charge in [0.05, 0.1) is 31.7 Å². The van der Waals surface area contributed by atoms with Gasteiger partial charge in [-0.05, 0) is 25.7 Å². The Labute approximate surface area is 153 Å². The lowest BCUT2D eigenvalue weighted by molar-refractivity contribution is -0.141. The summed E-state index contributed by atoms with van der Waals surface area (Å²) in [6.07, 6.45) is 3.60. The first-order chi connectivity index (χ1) is 12.2. The molecule has 2 amide bonds. The SMILES string of the molecule is N#C[C@@H]1CSCN1C(=O)CN[C@H]1CC[C@H](C(=O)N2CCOCC2)CC1. The summed E-state index contributed by atoms with van der Waals surface area (Å²) < 4.78 is 5.31. The van der Waals surface area contributed by atoms with E-state index >= 15 is 0 Å². The van der Waals surface area contributed by atoms with Crippen molar-refractivity contribution >= 4 is 23.6 Å². The predicted octanol–water partition coefficient (Wildman–Crippen LogP) is 0.419. The first kappa shape index (κ1) is 18.5. The number of morpholine rings is 1. The monoisotopic (exact) mass is 366 g/mol. The largest absolute Gasteiger partial charge is 0.378 e. The zero-order valence-electron chi connectivity index (χ0n) is 14.5. The van der Waals surface area contributed by atoms with Crippen LogP contribution in [0.15, 0.2) is 0 Å². The van der Waals surface area contributed by atoms with Gasteiger partial charge in [-0.25, -0.2) is 0 Å². The maximum Gasteiger partial charge on any atom is 0.238 e. The molecule has 0 radical (unpaired) electrons. The van der Waals surface area contributed by atoms with E-state index in [1.165, 1.54) is 0 Å². The minimum atomic E-state index is -0.291. The predicted molar refractivity (Wildman–Crippen MR) is 94.7 cm³/mol. The van der Waals surface area contributed by atoms with Crippen molar-refractivity contribution in [1.29, 1.82) is 5.26 Å². The number of nitrogens with one attached hydrogen (secondary N) is 1. The van der Waals surface area contributed by atoms with E-state index in [9.17, 15) is 9.59 Å². The van der Waals surface area contributed by atoms with Crippen LogP contribution in [0.1, 0.15) is 25.7 Å². The molecule has 3 fully saturated rings. The highest BCUT2D eigenvalue weighted by molar-refractivity contribution is 7.99. The average molecular weight is 366 g/mol. The molecule has 8 heteroatoms. The van der Waals surface area contributed by atoms with Crippen molar-refractivity contribution in [3.63, 3.8) is 0 Å². The molecule has 1 aliphatic carbocycles. The van der Waals surface area contributed by atoms with Crippen molar-refractivity contribution < 1.29 is 14.3 Å². The fourth-order valence-electron chi connectivity index (χ4n) is 3.72. The molecule has 7 nitrogen and oxygen atoms in total. The summed E-state index contributed by atoms with van der Waals surface area (Å²) in [5.41, 5.74) is 0. The van der Waals surface area contributed by atoms with Crippen LogP contribution in [0.5, 0.6) is 0 Å². The molecule has 0 aromatic carbocycles. The number of rotatable bonds is 4. The summed E-state index contributed by atoms with van der Waals surface area (Å²) in [5, 5.41) is 12.4. The molecule has 1 saturated carbocycles. The van der Waals surface area contributed by atoms with E-state index in [1.807, 2.05) is 4.90 Å². The number of thioether (sulfide) groups is 1. The summed E-state index contributed by atoms with van der Waals surface area (Å²) in [6.45, 7) is 2.98.